The predicted molar refractivity (Wildman–Crippen MR) is 78.3 cm³/mol. The smallest absolute Gasteiger partial charge is 0.429 e. The Labute approximate surface area is 128 Å². The molecular weight excluding hydrogens is 296 g/mol. The molecule has 1 fully saturated rings. The van der Waals surface area contributed by atoms with Crippen LogP contribution in [0, 0.1) is 13.8 Å². The molecule has 0 N–H and O–H groups in total. The Kier molecular flexibility index (Phi) is 4.69. The number of amides is 2. The Morgan fingerprint density at radius 2 is 2.19 bits per heavy atom. The van der Waals surface area contributed by atoms with E-state index in [4.69, 9.17) is 21.1 Å². The molecule has 1 saturated heterocycles. The largest absolute Gasteiger partial charge is 0.446 e. The van der Waals surface area contributed by atoms with E-state index < -0.39 is 6.09 Å². The highest BCUT2D eigenvalue weighted by molar-refractivity contribution is 6.31. The number of anilines is 1. The highest BCUT2D eigenvalue weighted by Crippen LogP contribution is 2.32. The van der Waals surface area contributed by atoms with Crippen LogP contribution in [0.3, 0.4) is 0 Å². The lowest BCUT2D eigenvalue weighted by molar-refractivity contribution is -0.124. The first kappa shape index (κ1) is 15.6. The fraction of sp³-hybridized carbons (Fsp3) is 0.429. The summed E-state index contributed by atoms with van der Waals surface area (Å²) in [5.41, 5.74) is 2.14. The summed E-state index contributed by atoms with van der Waals surface area (Å²) in [6.45, 7) is 4.06. The van der Waals surface area contributed by atoms with Gasteiger partial charge in [-0.2, -0.15) is 0 Å². The molecule has 0 unspecified atom stereocenters. The summed E-state index contributed by atoms with van der Waals surface area (Å²) in [6, 6.07) is 3.57. The van der Waals surface area contributed by atoms with Crippen molar-refractivity contribution < 1.29 is 19.1 Å². The third-order valence-electron chi connectivity index (χ3n) is 3.26. The molecule has 1 aliphatic heterocycles. The van der Waals surface area contributed by atoms with Gasteiger partial charge in [-0.25, -0.2) is 14.8 Å². The second-order valence-corrected chi connectivity index (χ2v) is 5.12. The molecule has 7 heteroatoms. The number of nitrogens with zero attached hydrogens (tertiary/aromatic N) is 2. The molecule has 0 bridgehead atoms. The van der Waals surface area contributed by atoms with Crippen LogP contribution in [0.5, 0.6) is 0 Å². The number of hydrazine groups is 1. The lowest BCUT2D eigenvalue weighted by Gasteiger charge is -2.32. The van der Waals surface area contributed by atoms with E-state index in [1.54, 1.807) is 19.1 Å². The number of carbonyl (C=O) groups excluding carboxylic acids is 2. The highest BCUT2D eigenvalue weighted by Gasteiger charge is 2.34. The molecule has 0 radical (unpaired) electrons. The summed E-state index contributed by atoms with van der Waals surface area (Å²) < 4.78 is 9.83. The first-order valence-corrected chi connectivity index (χ1v) is 6.87. The number of aryl methyl sites for hydroxylation is 1. The van der Waals surface area contributed by atoms with E-state index in [9.17, 15) is 9.59 Å². The van der Waals surface area contributed by atoms with Crippen molar-refractivity contribution in [2.24, 2.45) is 0 Å². The van der Waals surface area contributed by atoms with E-state index in [-0.39, 0.29) is 19.1 Å². The fourth-order valence-corrected chi connectivity index (χ4v) is 2.42. The predicted octanol–water partition coefficient (Wildman–Crippen LogP) is 2.30. The third-order valence-corrected chi connectivity index (χ3v) is 3.67. The van der Waals surface area contributed by atoms with Crippen molar-refractivity contribution in [2.45, 2.75) is 13.8 Å². The lowest BCUT2D eigenvalue weighted by atomic mass is 10.1. The average Bonchev–Trinajstić information content (AvgIpc) is 2.85. The van der Waals surface area contributed by atoms with Crippen LogP contribution in [-0.2, 0) is 14.3 Å². The summed E-state index contributed by atoms with van der Waals surface area (Å²) in [6.07, 6.45) is -0.557. The quantitative estimate of drug-likeness (QED) is 0.856. The summed E-state index contributed by atoms with van der Waals surface area (Å²) in [7, 11) is 1.43. The SMILES string of the molecule is COCC(=O)N(c1c(C)ccc(Cl)c1C)N1CCOC1=O. The van der Waals surface area contributed by atoms with E-state index in [2.05, 4.69) is 0 Å². The maximum absolute atomic E-state index is 12.4. The summed E-state index contributed by atoms with van der Waals surface area (Å²) in [4.78, 5) is 24.2. The van der Waals surface area contributed by atoms with Crippen LogP contribution in [0.15, 0.2) is 12.1 Å². The number of carbonyl (C=O) groups is 2. The minimum Gasteiger partial charge on any atom is -0.446 e. The molecule has 6 nitrogen and oxygen atoms in total. The van der Waals surface area contributed by atoms with Gasteiger partial charge < -0.3 is 9.47 Å². The molecule has 0 aromatic heterocycles. The van der Waals surface area contributed by atoms with Gasteiger partial charge in [0.25, 0.3) is 5.91 Å². The summed E-state index contributed by atoms with van der Waals surface area (Å²) in [5, 5.41) is 3.10. The van der Waals surface area contributed by atoms with Crippen molar-refractivity contribution in [2.75, 3.05) is 31.9 Å². The van der Waals surface area contributed by atoms with Gasteiger partial charge in [0.15, 0.2) is 0 Å². The topological polar surface area (TPSA) is 59.1 Å². The number of cyclic esters (lactones) is 1. The minimum atomic E-state index is -0.557. The number of benzene rings is 1. The first-order chi connectivity index (χ1) is 9.97. The molecule has 2 amide bonds. The third kappa shape index (κ3) is 2.96. The van der Waals surface area contributed by atoms with Crippen LogP contribution in [0.1, 0.15) is 11.1 Å². The molecule has 21 heavy (non-hydrogen) atoms. The number of ether oxygens (including phenoxy) is 2. The number of halogens is 1. The van der Waals surface area contributed by atoms with Crippen LogP contribution in [0.2, 0.25) is 5.02 Å². The van der Waals surface area contributed by atoms with Crippen molar-refractivity contribution in [1.29, 1.82) is 0 Å². The summed E-state index contributed by atoms with van der Waals surface area (Å²) in [5.74, 6) is -0.357. The standard InChI is InChI=1S/C14H17ClN2O4/c1-9-4-5-11(15)10(2)13(9)17(12(18)8-20-3)16-6-7-21-14(16)19/h4-5H,6-8H2,1-3H3. The molecule has 0 atom stereocenters. The molecule has 0 spiro atoms. The van der Waals surface area contributed by atoms with E-state index in [0.717, 1.165) is 11.1 Å². The Hall–Kier alpha value is -1.79. The van der Waals surface area contributed by atoms with Gasteiger partial charge in [-0.3, -0.25) is 4.79 Å². The van der Waals surface area contributed by atoms with Crippen LogP contribution in [0.25, 0.3) is 0 Å². The van der Waals surface area contributed by atoms with E-state index in [0.29, 0.717) is 17.3 Å². The van der Waals surface area contributed by atoms with Crippen molar-refractivity contribution in [3.05, 3.63) is 28.3 Å². The van der Waals surface area contributed by atoms with Crippen LogP contribution in [-0.4, -0.2) is 43.9 Å². The van der Waals surface area contributed by atoms with Crippen molar-refractivity contribution in [3.8, 4) is 0 Å². The Balaban J connectivity index is 2.52. The summed E-state index contributed by atoms with van der Waals surface area (Å²) >= 11 is 6.15. The van der Waals surface area contributed by atoms with Crippen LogP contribution in [0.4, 0.5) is 10.5 Å². The number of rotatable bonds is 4. The van der Waals surface area contributed by atoms with Crippen LogP contribution < -0.4 is 5.01 Å². The maximum atomic E-state index is 12.4. The van der Waals surface area contributed by atoms with E-state index >= 15 is 0 Å². The maximum Gasteiger partial charge on any atom is 0.429 e. The van der Waals surface area contributed by atoms with Gasteiger partial charge >= 0.3 is 6.09 Å². The second kappa shape index (κ2) is 6.32. The van der Waals surface area contributed by atoms with E-state index in [1.807, 2.05) is 6.92 Å². The van der Waals surface area contributed by atoms with Gasteiger partial charge in [-0.1, -0.05) is 17.7 Å². The first-order valence-electron chi connectivity index (χ1n) is 6.49. The van der Waals surface area contributed by atoms with Crippen molar-refractivity contribution in [1.82, 2.24) is 5.01 Å². The second-order valence-electron chi connectivity index (χ2n) is 4.71. The molecule has 0 saturated carbocycles. The Morgan fingerprint density at radius 3 is 2.76 bits per heavy atom. The van der Waals surface area contributed by atoms with Gasteiger partial charge in [-0.15, -0.1) is 0 Å². The zero-order valence-electron chi connectivity index (χ0n) is 12.2. The number of hydrogen-bond acceptors (Lipinski definition) is 4. The van der Waals surface area contributed by atoms with Gasteiger partial charge in [0, 0.05) is 12.1 Å². The molecule has 1 aliphatic rings. The molecule has 1 aromatic carbocycles. The average molecular weight is 313 g/mol. The van der Waals surface area contributed by atoms with Crippen molar-refractivity contribution in [3.63, 3.8) is 0 Å². The Morgan fingerprint density at radius 1 is 1.48 bits per heavy atom. The molecule has 1 aromatic rings. The van der Waals surface area contributed by atoms with Crippen molar-refractivity contribution >= 4 is 29.3 Å². The minimum absolute atomic E-state index is 0.144. The molecule has 114 valence electrons. The van der Waals surface area contributed by atoms with Gasteiger partial charge in [-0.05, 0) is 31.0 Å². The van der Waals surface area contributed by atoms with Gasteiger partial charge in [0.05, 0.1) is 12.2 Å². The molecule has 2 rings (SSSR count). The van der Waals surface area contributed by atoms with Gasteiger partial charge in [0.2, 0.25) is 0 Å². The molecule has 1 heterocycles. The zero-order valence-corrected chi connectivity index (χ0v) is 12.9. The number of methoxy groups -OCH3 is 1. The van der Waals surface area contributed by atoms with E-state index in [1.165, 1.54) is 17.1 Å². The fourth-order valence-electron chi connectivity index (χ4n) is 2.27. The molecular formula is C14H17ClN2O4. The number of hydrogen-bond donors (Lipinski definition) is 0. The monoisotopic (exact) mass is 312 g/mol. The zero-order chi connectivity index (χ0) is 15.6. The Bertz CT molecular complexity index is 576. The highest BCUT2D eigenvalue weighted by atomic mass is 35.5. The normalized spacial score (nSPS) is 14.3. The lowest BCUT2D eigenvalue weighted by Crippen LogP contribution is -2.49. The van der Waals surface area contributed by atoms with Crippen LogP contribution >= 0.6 is 11.6 Å². The van der Waals surface area contributed by atoms with Gasteiger partial charge in [0.1, 0.15) is 13.2 Å². The molecule has 0 aliphatic carbocycles.